The zero-order chi connectivity index (χ0) is 36.1. The van der Waals surface area contributed by atoms with E-state index >= 15 is 0 Å². The van der Waals surface area contributed by atoms with Crippen molar-refractivity contribution in [3.63, 3.8) is 0 Å². The summed E-state index contributed by atoms with van der Waals surface area (Å²) in [6.07, 6.45) is 1.06. The molecule has 49 heavy (non-hydrogen) atoms. The van der Waals surface area contributed by atoms with E-state index in [9.17, 15) is 21.6 Å². The minimum absolute atomic E-state index is 0.0955. The number of anilines is 1. The summed E-state index contributed by atoms with van der Waals surface area (Å²) in [6, 6.07) is 20.2. The molecule has 4 aromatic carbocycles. The Morgan fingerprint density at radius 2 is 1.35 bits per heavy atom. The lowest BCUT2D eigenvalue weighted by molar-refractivity contribution is 0.0635. The first-order valence-electron chi connectivity index (χ1n) is 14.9. The number of aryl methyl sites for hydroxylation is 1. The van der Waals surface area contributed by atoms with Gasteiger partial charge >= 0.3 is 26.3 Å². The average molecular weight is 714 g/mol. The Kier molecular flexibility index (Phi) is 11.0. The van der Waals surface area contributed by atoms with Gasteiger partial charge in [0.15, 0.2) is 17.2 Å². The molecule has 4 aromatic rings. The second kappa shape index (κ2) is 14.7. The number of hydrogen-bond acceptors (Lipinski definition) is 11. The molecule has 262 valence electrons. The molecule has 0 aliphatic heterocycles. The van der Waals surface area contributed by atoms with E-state index in [0.29, 0.717) is 22.3 Å². The highest BCUT2D eigenvalue weighted by atomic mass is 32.2. The van der Waals surface area contributed by atoms with Gasteiger partial charge in [0.25, 0.3) is 0 Å². The molecule has 0 aliphatic carbocycles. The fraction of sp³-hybridized carbons (Fsp3) is 0.286. The number of carbonyl (C=O) groups is 1. The van der Waals surface area contributed by atoms with Crippen molar-refractivity contribution in [3.8, 4) is 51.0 Å². The Labute approximate surface area is 287 Å². The number of benzene rings is 4. The number of hydrogen-bond donors (Lipinski definition) is 1. The van der Waals surface area contributed by atoms with E-state index in [1.807, 2.05) is 31.2 Å². The van der Waals surface area contributed by atoms with Crippen LogP contribution in [0.15, 0.2) is 72.8 Å². The first kappa shape index (κ1) is 36.9. The summed E-state index contributed by atoms with van der Waals surface area (Å²) in [5.74, 6) is 0.627. The Morgan fingerprint density at radius 1 is 0.735 bits per heavy atom. The number of rotatable bonds is 12. The highest BCUT2D eigenvalue weighted by Crippen LogP contribution is 2.50. The van der Waals surface area contributed by atoms with Crippen molar-refractivity contribution in [1.29, 1.82) is 0 Å². The van der Waals surface area contributed by atoms with Gasteiger partial charge in [0.1, 0.15) is 23.7 Å². The molecule has 0 unspecified atom stereocenters. The molecule has 0 saturated carbocycles. The van der Waals surface area contributed by atoms with Crippen LogP contribution in [-0.4, -0.2) is 55.3 Å². The summed E-state index contributed by atoms with van der Waals surface area (Å²) >= 11 is 0. The van der Waals surface area contributed by atoms with E-state index in [1.165, 1.54) is 32.4 Å². The highest BCUT2D eigenvalue weighted by Gasteiger charge is 2.27. The summed E-state index contributed by atoms with van der Waals surface area (Å²) in [7, 11) is -4.90. The van der Waals surface area contributed by atoms with Gasteiger partial charge in [-0.25, -0.2) is 4.79 Å². The van der Waals surface area contributed by atoms with Gasteiger partial charge in [0.05, 0.1) is 38.0 Å². The van der Waals surface area contributed by atoms with Crippen molar-refractivity contribution >= 4 is 32.0 Å². The van der Waals surface area contributed by atoms with Crippen LogP contribution in [0.1, 0.15) is 31.9 Å². The summed E-state index contributed by atoms with van der Waals surface area (Å²) < 4.78 is 81.5. The topological polar surface area (TPSA) is 153 Å². The molecule has 1 amide bonds. The van der Waals surface area contributed by atoms with E-state index in [0.717, 1.165) is 23.6 Å². The van der Waals surface area contributed by atoms with Crippen LogP contribution in [-0.2, 0) is 31.6 Å². The van der Waals surface area contributed by atoms with Gasteiger partial charge in [0, 0.05) is 5.56 Å². The largest absolute Gasteiger partial charge is 0.496 e. The monoisotopic (exact) mass is 713 g/mol. The Morgan fingerprint density at radius 3 is 1.90 bits per heavy atom. The molecule has 0 fully saturated rings. The summed E-state index contributed by atoms with van der Waals surface area (Å²) in [5.41, 5.74) is 2.96. The van der Waals surface area contributed by atoms with Crippen LogP contribution < -0.4 is 27.9 Å². The van der Waals surface area contributed by atoms with Gasteiger partial charge < -0.3 is 27.3 Å². The van der Waals surface area contributed by atoms with Gasteiger partial charge in [-0.2, -0.15) is 16.8 Å². The van der Waals surface area contributed by atoms with Gasteiger partial charge in [-0.1, -0.05) is 48.0 Å². The Balaban J connectivity index is 1.91. The molecule has 0 radical (unpaired) electrons. The minimum atomic E-state index is -4.00. The highest BCUT2D eigenvalue weighted by molar-refractivity contribution is 7.86. The zero-order valence-corrected chi connectivity index (χ0v) is 30.1. The number of ether oxygens (including phenoxy) is 4. The van der Waals surface area contributed by atoms with Crippen LogP contribution in [0.5, 0.6) is 28.7 Å². The molecule has 12 nitrogen and oxygen atoms in total. The lowest BCUT2D eigenvalue weighted by Crippen LogP contribution is -2.27. The predicted octanol–water partition coefficient (Wildman–Crippen LogP) is 6.95. The van der Waals surface area contributed by atoms with Gasteiger partial charge in [-0.15, -0.1) is 0 Å². The quantitative estimate of drug-likeness (QED) is 0.152. The average Bonchev–Trinajstić information content (AvgIpc) is 2.98. The van der Waals surface area contributed by atoms with Crippen molar-refractivity contribution < 1.29 is 48.9 Å². The maximum Gasteiger partial charge on any atom is 0.412 e. The molecule has 0 aliphatic rings. The van der Waals surface area contributed by atoms with Gasteiger partial charge in [-0.05, 0) is 74.7 Å². The second-order valence-electron chi connectivity index (χ2n) is 12.1. The molecule has 0 bridgehead atoms. The predicted molar refractivity (Wildman–Crippen MR) is 187 cm³/mol. The zero-order valence-electron chi connectivity index (χ0n) is 28.4. The summed E-state index contributed by atoms with van der Waals surface area (Å²) in [6.45, 7) is 7.25. The first-order valence-corrected chi connectivity index (χ1v) is 18.5. The Hall–Kier alpha value is -4.95. The molecule has 4 rings (SSSR count). The third-order valence-corrected chi connectivity index (χ3v) is 7.67. The second-order valence-corrected chi connectivity index (χ2v) is 15.2. The third-order valence-electron chi connectivity index (χ3n) is 6.69. The standard InChI is InChI=1S/C35H39NO11S2/c1-22-9-11-23(12-10-22)21-44-28-18-15-25(19-29(28)47-49(8,40)41)31-30(42-5)20-27(24-13-16-26(17-14-24)46-48(7,38)39)33(43-6)32(31)36-34(37)45-35(2,3)4/h9-20H,21H2,1-8H3,(H,36,37). The van der Waals surface area contributed by atoms with E-state index < -0.39 is 31.9 Å². The fourth-order valence-corrected chi connectivity index (χ4v) is 5.68. The first-order chi connectivity index (χ1) is 22.9. The number of amides is 1. The number of nitrogens with one attached hydrogen (secondary N) is 1. The summed E-state index contributed by atoms with van der Waals surface area (Å²) in [5, 5.41) is 2.79. The molecular formula is C35H39NO11S2. The number of carbonyl (C=O) groups excluding carboxylic acids is 1. The van der Waals surface area contributed by atoms with Crippen LogP contribution in [0.25, 0.3) is 22.3 Å². The van der Waals surface area contributed by atoms with E-state index in [2.05, 4.69) is 5.32 Å². The SMILES string of the molecule is COc1cc(-c2ccc(OS(C)(=O)=O)cc2)c(OC)c(NC(=O)OC(C)(C)C)c1-c1ccc(OCc2ccc(C)cc2)c(OS(C)(=O)=O)c1. The smallest absolute Gasteiger partial charge is 0.412 e. The molecule has 0 atom stereocenters. The van der Waals surface area contributed by atoms with Crippen LogP contribution in [0.4, 0.5) is 10.5 Å². The van der Waals surface area contributed by atoms with E-state index in [-0.39, 0.29) is 41.0 Å². The van der Waals surface area contributed by atoms with Crippen molar-refractivity contribution in [1.82, 2.24) is 0 Å². The van der Waals surface area contributed by atoms with Crippen molar-refractivity contribution in [2.75, 3.05) is 32.0 Å². The Bertz CT molecular complexity index is 2040. The number of methoxy groups -OCH3 is 2. The van der Waals surface area contributed by atoms with Crippen LogP contribution >= 0.6 is 0 Å². The van der Waals surface area contributed by atoms with Crippen LogP contribution in [0.2, 0.25) is 0 Å². The van der Waals surface area contributed by atoms with Crippen molar-refractivity contribution in [2.45, 2.75) is 39.9 Å². The van der Waals surface area contributed by atoms with E-state index in [4.69, 9.17) is 27.3 Å². The van der Waals surface area contributed by atoms with Gasteiger partial charge in [0.2, 0.25) is 0 Å². The van der Waals surface area contributed by atoms with Crippen molar-refractivity contribution in [3.05, 3.63) is 83.9 Å². The molecular weight excluding hydrogens is 675 g/mol. The van der Waals surface area contributed by atoms with Crippen molar-refractivity contribution in [2.24, 2.45) is 0 Å². The van der Waals surface area contributed by atoms with Crippen LogP contribution in [0, 0.1) is 6.92 Å². The molecule has 0 heterocycles. The normalized spacial score (nSPS) is 11.8. The molecule has 0 spiro atoms. The lowest BCUT2D eigenvalue weighted by atomic mass is 9.95. The van der Waals surface area contributed by atoms with E-state index in [1.54, 1.807) is 51.1 Å². The maximum absolute atomic E-state index is 13.2. The lowest BCUT2D eigenvalue weighted by Gasteiger charge is -2.24. The van der Waals surface area contributed by atoms with Gasteiger partial charge in [-0.3, -0.25) is 5.32 Å². The third kappa shape index (κ3) is 10.3. The maximum atomic E-state index is 13.2. The van der Waals surface area contributed by atoms with Crippen LogP contribution in [0.3, 0.4) is 0 Å². The molecule has 0 saturated heterocycles. The molecule has 1 N–H and O–H groups in total. The molecule has 0 aromatic heterocycles. The molecule has 14 heteroatoms. The summed E-state index contributed by atoms with van der Waals surface area (Å²) in [4.78, 5) is 13.2. The fourth-order valence-electron chi connectivity index (χ4n) is 4.76. The minimum Gasteiger partial charge on any atom is -0.496 e.